The molecule has 4 heteroatoms. The first-order valence-corrected chi connectivity index (χ1v) is 19.6. The minimum absolute atomic E-state index is 0.216. The van der Waals surface area contributed by atoms with E-state index in [2.05, 4.69) is 165 Å². The Bertz CT molecular complexity index is 3140. The van der Waals surface area contributed by atoms with Crippen LogP contribution in [0.4, 0.5) is 0 Å². The summed E-state index contributed by atoms with van der Waals surface area (Å²) < 4.78 is 6.84. The number of nitrogens with zero attached hydrogens (tertiary/aromatic N) is 3. The first-order chi connectivity index (χ1) is 28.1. The van der Waals surface area contributed by atoms with E-state index in [1.165, 1.54) is 21.5 Å². The van der Waals surface area contributed by atoms with Crippen molar-refractivity contribution >= 4 is 72.1 Å². The summed E-state index contributed by atoms with van der Waals surface area (Å²) in [6.45, 7) is 4.24. The molecule has 0 spiro atoms. The molecule has 57 heavy (non-hydrogen) atoms. The Hall–Kier alpha value is -7.17. The van der Waals surface area contributed by atoms with Gasteiger partial charge in [-0.2, -0.15) is 0 Å². The zero-order valence-corrected chi connectivity index (χ0v) is 31.8. The predicted molar refractivity (Wildman–Crippen MR) is 241 cm³/mol. The highest BCUT2D eigenvalue weighted by Gasteiger charge is 2.22. The van der Waals surface area contributed by atoms with Crippen molar-refractivity contribution in [3.8, 4) is 22.4 Å². The van der Waals surface area contributed by atoms with Gasteiger partial charge in [-0.1, -0.05) is 171 Å². The molecule has 7 aromatic carbocycles. The monoisotopic (exact) mass is 733 g/mol. The molecule has 2 unspecified atom stereocenters. The molecule has 0 N–H and O–H groups in total. The van der Waals surface area contributed by atoms with Crippen LogP contribution < -0.4 is 0 Å². The molecule has 10 rings (SSSR count). The number of benzene rings is 7. The van der Waals surface area contributed by atoms with Crippen LogP contribution in [0.3, 0.4) is 0 Å². The van der Waals surface area contributed by atoms with Gasteiger partial charge in [0.15, 0.2) is 5.84 Å². The smallest absolute Gasteiger partial charge is 0.159 e. The molecular weight excluding hydrogens is 695 g/mol. The van der Waals surface area contributed by atoms with Crippen molar-refractivity contribution < 1.29 is 4.42 Å². The van der Waals surface area contributed by atoms with Crippen molar-refractivity contribution in [2.45, 2.75) is 13.8 Å². The molecule has 0 saturated carbocycles. The summed E-state index contributed by atoms with van der Waals surface area (Å²) in [4.78, 5) is 15.6. The highest BCUT2D eigenvalue weighted by Crippen LogP contribution is 2.45. The van der Waals surface area contributed by atoms with Crippen LogP contribution >= 0.6 is 0 Å². The Morgan fingerprint density at radius 2 is 1.35 bits per heavy atom. The van der Waals surface area contributed by atoms with E-state index >= 15 is 0 Å². The topological polar surface area (TPSA) is 50.8 Å². The lowest BCUT2D eigenvalue weighted by molar-refractivity contribution is 0.646. The van der Waals surface area contributed by atoms with E-state index in [1.807, 2.05) is 37.4 Å². The van der Waals surface area contributed by atoms with Crippen molar-refractivity contribution in [3.63, 3.8) is 0 Å². The summed E-state index contributed by atoms with van der Waals surface area (Å²) in [5.41, 5.74) is 9.57. The minimum atomic E-state index is 0.216. The highest BCUT2D eigenvalue weighted by atomic mass is 16.3. The number of furan rings is 1. The molecular formula is C53H39N3O. The molecule has 272 valence electrons. The maximum atomic E-state index is 6.84. The van der Waals surface area contributed by atoms with E-state index in [9.17, 15) is 0 Å². The van der Waals surface area contributed by atoms with Gasteiger partial charge >= 0.3 is 0 Å². The Morgan fingerprint density at radius 1 is 0.632 bits per heavy atom. The fourth-order valence-electron chi connectivity index (χ4n) is 8.25. The first kappa shape index (κ1) is 34.3. The van der Waals surface area contributed by atoms with Gasteiger partial charge in [0.1, 0.15) is 11.2 Å². The lowest BCUT2D eigenvalue weighted by Crippen LogP contribution is -2.12. The number of allylic oxidation sites excluding steroid dienone is 5. The molecule has 1 aliphatic carbocycles. The molecule has 0 aliphatic heterocycles. The van der Waals surface area contributed by atoms with Crippen LogP contribution in [0.25, 0.3) is 82.5 Å². The molecule has 0 fully saturated rings. The van der Waals surface area contributed by atoms with Crippen molar-refractivity contribution in [2.75, 3.05) is 0 Å². The van der Waals surface area contributed by atoms with Gasteiger partial charge in [0.2, 0.25) is 0 Å². The molecule has 0 amide bonds. The second kappa shape index (κ2) is 14.5. The molecule has 2 aromatic heterocycles. The van der Waals surface area contributed by atoms with Gasteiger partial charge in [-0.25, -0.2) is 15.0 Å². The number of fused-ring (bicyclic) bond motifs is 8. The minimum Gasteiger partial charge on any atom is -0.455 e. The Kier molecular flexibility index (Phi) is 8.72. The second-order valence-electron chi connectivity index (χ2n) is 14.7. The van der Waals surface area contributed by atoms with E-state index in [1.54, 1.807) is 0 Å². The number of aromatic nitrogens is 1. The summed E-state index contributed by atoms with van der Waals surface area (Å²) in [5, 5.41) is 7.87. The zero-order chi connectivity index (χ0) is 38.3. The highest BCUT2D eigenvalue weighted by molar-refractivity contribution is 6.25. The van der Waals surface area contributed by atoms with Gasteiger partial charge in [0.05, 0.1) is 27.7 Å². The third kappa shape index (κ3) is 6.16. The van der Waals surface area contributed by atoms with Gasteiger partial charge in [-0.05, 0) is 69.3 Å². The molecule has 2 atom stereocenters. The van der Waals surface area contributed by atoms with Crippen molar-refractivity contribution in [1.82, 2.24) is 4.98 Å². The Balaban J connectivity index is 1.10. The van der Waals surface area contributed by atoms with Crippen molar-refractivity contribution in [1.29, 1.82) is 0 Å². The van der Waals surface area contributed by atoms with Gasteiger partial charge in [0, 0.05) is 28.6 Å². The summed E-state index contributed by atoms with van der Waals surface area (Å²) >= 11 is 0. The van der Waals surface area contributed by atoms with E-state index in [4.69, 9.17) is 19.4 Å². The molecule has 4 nitrogen and oxygen atoms in total. The van der Waals surface area contributed by atoms with E-state index in [0.29, 0.717) is 11.8 Å². The number of amidine groups is 1. The van der Waals surface area contributed by atoms with Crippen LogP contribution in [0.15, 0.2) is 196 Å². The number of hydrogen-bond acceptors (Lipinski definition) is 3. The van der Waals surface area contributed by atoms with Crippen LogP contribution in [-0.4, -0.2) is 17.0 Å². The van der Waals surface area contributed by atoms with Crippen LogP contribution in [-0.2, 0) is 0 Å². The Morgan fingerprint density at radius 3 is 2.16 bits per heavy atom. The molecule has 1 aliphatic rings. The van der Waals surface area contributed by atoms with Gasteiger partial charge in [-0.15, -0.1) is 0 Å². The molecule has 0 saturated heterocycles. The molecule has 9 aromatic rings. The third-order valence-electron chi connectivity index (χ3n) is 11.2. The SMILES string of the molecule is C/C=C(/N=C(N=CC1C=CC=CC1C)c1ccccc1)c1ccc(-c2cccc3nc(-c4cc5ccccc5c5ccccc45)c4c5ccccc5oc4c23)cc1. The van der Waals surface area contributed by atoms with Crippen molar-refractivity contribution in [3.05, 3.63) is 193 Å². The second-order valence-corrected chi connectivity index (χ2v) is 14.7. The van der Waals surface area contributed by atoms with E-state index in [0.717, 1.165) is 72.0 Å². The first-order valence-electron chi connectivity index (χ1n) is 19.6. The van der Waals surface area contributed by atoms with E-state index in [-0.39, 0.29) is 5.92 Å². The number of hydrogen-bond donors (Lipinski definition) is 0. The summed E-state index contributed by atoms with van der Waals surface area (Å²) in [7, 11) is 0. The average molecular weight is 734 g/mol. The maximum Gasteiger partial charge on any atom is 0.159 e. The quantitative estimate of drug-likeness (QED) is 0.0970. The zero-order valence-electron chi connectivity index (χ0n) is 31.8. The molecule has 0 bridgehead atoms. The van der Waals surface area contributed by atoms with Crippen LogP contribution in [0.2, 0.25) is 0 Å². The third-order valence-corrected chi connectivity index (χ3v) is 11.2. The van der Waals surface area contributed by atoms with Crippen molar-refractivity contribution in [2.24, 2.45) is 21.8 Å². The number of para-hydroxylation sites is 1. The predicted octanol–water partition coefficient (Wildman–Crippen LogP) is 14.0. The molecule has 2 heterocycles. The lowest BCUT2D eigenvalue weighted by Gasteiger charge is -2.15. The number of rotatable bonds is 6. The van der Waals surface area contributed by atoms with Crippen LogP contribution in [0.5, 0.6) is 0 Å². The maximum absolute atomic E-state index is 6.84. The fraction of sp³-hybridized carbons (Fsp3) is 0.0755. The van der Waals surface area contributed by atoms with Gasteiger partial charge in [0.25, 0.3) is 0 Å². The molecule has 0 radical (unpaired) electrons. The summed E-state index contributed by atoms with van der Waals surface area (Å²) in [5.74, 6) is 1.28. The van der Waals surface area contributed by atoms with Gasteiger partial charge < -0.3 is 4.42 Å². The van der Waals surface area contributed by atoms with Gasteiger partial charge in [-0.3, -0.25) is 0 Å². The largest absolute Gasteiger partial charge is 0.455 e. The number of pyridine rings is 1. The summed E-state index contributed by atoms with van der Waals surface area (Å²) in [6.07, 6.45) is 12.7. The Labute approximate surface area is 331 Å². The van der Waals surface area contributed by atoms with Crippen LogP contribution in [0, 0.1) is 11.8 Å². The van der Waals surface area contributed by atoms with Crippen LogP contribution in [0.1, 0.15) is 25.0 Å². The standard InChI is InChI=1S/C53H39N3O/c1-3-46(56-53(37-17-5-4-6-18-37)54-33-39-20-8-7-16-34(39)2)36-30-28-35(29-31-36)41-25-15-26-47-49(41)52-50(44-24-13-14-27-48(44)57-52)51(55-47)45-32-38-19-9-10-21-40(38)42-22-11-12-23-43(42)45/h3-34,39H,1-2H3/b46-3+,54-33?,56-53?. The lowest BCUT2D eigenvalue weighted by atomic mass is 9.91. The number of aliphatic imine (C=N–C) groups is 2. The summed E-state index contributed by atoms with van der Waals surface area (Å²) in [6, 6.07) is 53.1. The van der Waals surface area contributed by atoms with E-state index < -0.39 is 0 Å². The normalized spacial score (nSPS) is 16.2. The fourth-order valence-corrected chi connectivity index (χ4v) is 8.25. The average Bonchev–Trinajstić information content (AvgIpc) is 3.67.